The first-order chi connectivity index (χ1) is 5.36. The third kappa shape index (κ3) is 2.77. The van der Waals surface area contributed by atoms with E-state index in [0.717, 1.165) is 25.9 Å². The predicted molar refractivity (Wildman–Crippen MR) is 47.3 cm³/mol. The molecule has 0 saturated carbocycles. The van der Waals surface area contributed by atoms with Gasteiger partial charge < -0.3 is 16.8 Å². The highest BCUT2D eigenvalue weighted by Gasteiger charge is 2.21. The number of nitrogens with two attached hydrogens (primary N) is 2. The fraction of sp³-hybridized carbons (Fsp3) is 1.00. The van der Waals surface area contributed by atoms with Crippen molar-refractivity contribution in [3.8, 4) is 0 Å². The summed E-state index contributed by atoms with van der Waals surface area (Å²) in [5.74, 6) is 0. The summed E-state index contributed by atoms with van der Waals surface area (Å²) >= 11 is 0. The Morgan fingerprint density at radius 2 is 1.45 bits per heavy atom. The Bertz CT molecular complexity index is 93.5. The summed E-state index contributed by atoms with van der Waals surface area (Å²) in [4.78, 5) is 0. The molecule has 0 amide bonds. The Hall–Kier alpha value is -0.120. The molecule has 2 unspecified atom stereocenters. The van der Waals surface area contributed by atoms with Gasteiger partial charge in [-0.1, -0.05) is 0 Å². The van der Waals surface area contributed by atoms with Gasteiger partial charge in [0.1, 0.15) is 0 Å². The Morgan fingerprint density at radius 1 is 1.00 bits per heavy atom. The van der Waals surface area contributed by atoms with Gasteiger partial charge >= 0.3 is 0 Å². The quantitative estimate of drug-likeness (QED) is 0.530. The molecule has 66 valence electrons. The highest BCUT2D eigenvalue weighted by atomic mass is 15.0. The standard InChI is InChI=1S/C8H19N3/c9-5-3-7-1-2-8(11-7)4-6-10/h7-8,11H,1-6,9-10H2. The Morgan fingerprint density at radius 3 is 1.82 bits per heavy atom. The third-order valence-electron chi connectivity index (χ3n) is 2.37. The first-order valence-corrected chi connectivity index (χ1v) is 4.53. The molecule has 0 spiro atoms. The van der Waals surface area contributed by atoms with Crippen LogP contribution in [0.5, 0.6) is 0 Å². The second-order valence-corrected chi connectivity index (χ2v) is 3.29. The van der Waals surface area contributed by atoms with Gasteiger partial charge in [-0.2, -0.15) is 0 Å². The van der Waals surface area contributed by atoms with Crippen molar-refractivity contribution in [3.63, 3.8) is 0 Å². The summed E-state index contributed by atoms with van der Waals surface area (Å²) in [6, 6.07) is 1.33. The topological polar surface area (TPSA) is 64.1 Å². The van der Waals surface area contributed by atoms with Crippen molar-refractivity contribution in [1.29, 1.82) is 0 Å². The summed E-state index contributed by atoms with van der Waals surface area (Å²) in [5, 5.41) is 3.53. The average Bonchev–Trinajstić information content (AvgIpc) is 2.38. The zero-order valence-electron chi connectivity index (χ0n) is 7.05. The maximum atomic E-state index is 5.46. The maximum absolute atomic E-state index is 5.46. The van der Waals surface area contributed by atoms with Crippen LogP contribution in [0.1, 0.15) is 25.7 Å². The van der Waals surface area contributed by atoms with E-state index in [1.807, 2.05) is 0 Å². The van der Waals surface area contributed by atoms with Crippen LogP contribution in [0.3, 0.4) is 0 Å². The highest BCUT2D eigenvalue weighted by Crippen LogP contribution is 2.15. The number of nitrogens with one attached hydrogen (secondary N) is 1. The average molecular weight is 157 g/mol. The van der Waals surface area contributed by atoms with Gasteiger partial charge in [-0.25, -0.2) is 0 Å². The lowest BCUT2D eigenvalue weighted by atomic mass is 10.1. The largest absolute Gasteiger partial charge is 0.330 e. The lowest BCUT2D eigenvalue weighted by Crippen LogP contribution is -2.32. The van der Waals surface area contributed by atoms with E-state index in [9.17, 15) is 0 Å². The maximum Gasteiger partial charge on any atom is 0.00822 e. The predicted octanol–water partition coefficient (Wildman–Crippen LogP) is -0.195. The minimum Gasteiger partial charge on any atom is -0.330 e. The van der Waals surface area contributed by atoms with Crippen LogP contribution >= 0.6 is 0 Å². The highest BCUT2D eigenvalue weighted by molar-refractivity contribution is 4.83. The van der Waals surface area contributed by atoms with Crippen LogP contribution < -0.4 is 16.8 Å². The van der Waals surface area contributed by atoms with Gasteiger partial charge in [0.2, 0.25) is 0 Å². The van der Waals surface area contributed by atoms with Crippen LogP contribution in [0, 0.1) is 0 Å². The van der Waals surface area contributed by atoms with Crippen LogP contribution in [0.4, 0.5) is 0 Å². The third-order valence-corrected chi connectivity index (χ3v) is 2.37. The lowest BCUT2D eigenvalue weighted by molar-refractivity contribution is 0.499. The minimum absolute atomic E-state index is 0.663. The summed E-state index contributed by atoms with van der Waals surface area (Å²) < 4.78 is 0. The molecule has 0 aromatic heterocycles. The molecule has 11 heavy (non-hydrogen) atoms. The molecule has 0 aromatic rings. The van der Waals surface area contributed by atoms with E-state index in [-0.39, 0.29) is 0 Å². The molecule has 1 saturated heterocycles. The number of rotatable bonds is 4. The molecule has 0 aromatic carbocycles. The van der Waals surface area contributed by atoms with E-state index in [4.69, 9.17) is 11.5 Å². The summed E-state index contributed by atoms with van der Waals surface area (Å²) in [5.41, 5.74) is 10.9. The Kier molecular flexibility index (Phi) is 3.83. The molecular formula is C8H19N3. The van der Waals surface area contributed by atoms with Crippen molar-refractivity contribution in [3.05, 3.63) is 0 Å². The monoisotopic (exact) mass is 157 g/mol. The molecule has 1 aliphatic rings. The number of hydrogen-bond donors (Lipinski definition) is 3. The molecule has 0 radical (unpaired) electrons. The fourth-order valence-electron chi connectivity index (χ4n) is 1.76. The molecule has 3 nitrogen and oxygen atoms in total. The van der Waals surface area contributed by atoms with E-state index < -0.39 is 0 Å². The molecule has 2 atom stereocenters. The van der Waals surface area contributed by atoms with Crippen LogP contribution in [-0.4, -0.2) is 25.2 Å². The summed E-state index contributed by atoms with van der Waals surface area (Å²) in [7, 11) is 0. The fourth-order valence-corrected chi connectivity index (χ4v) is 1.76. The molecular weight excluding hydrogens is 138 g/mol. The van der Waals surface area contributed by atoms with E-state index in [1.54, 1.807) is 0 Å². The molecule has 5 N–H and O–H groups in total. The van der Waals surface area contributed by atoms with Crippen molar-refractivity contribution >= 4 is 0 Å². The molecule has 0 aliphatic carbocycles. The minimum atomic E-state index is 0.663. The van der Waals surface area contributed by atoms with Crippen molar-refractivity contribution in [2.24, 2.45) is 11.5 Å². The molecule has 1 fully saturated rings. The van der Waals surface area contributed by atoms with Gasteiger partial charge in [0.05, 0.1) is 0 Å². The van der Waals surface area contributed by atoms with Gasteiger partial charge in [0.25, 0.3) is 0 Å². The van der Waals surface area contributed by atoms with E-state index >= 15 is 0 Å². The SMILES string of the molecule is NCCC1CCC(CCN)N1. The molecule has 1 heterocycles. The van der Waals surface area contributed by atoms with Crippen LogP contribution in [0.2, 0.25) is 0 Å². The van der Waals surface area contributed by atoms with Crippen LogP contribution in [0.25, 0.3) is 0 Å². The van der Waals surface area contributed by atoms with Crippen LogP contribution in [0.15, 0.2) is 0 Å². The van der Waals surface area contributed by atoms with E-state index in [2.05, 4.69) is 5.32 Å². The van der Waals surface area contributed by atoms with Crippen molar-refractivity contribution in [1.82, 2.24) is 5.32 Å². The van der Waals surface area contributed by atoms with Crippen molar-refractivity contribution < 1.29 is 0 Å². The first-order valence-electron chi connectivity index (χ1n) is 4.53. The Labute approximate surface area is 68.5 Å². The lowest BCUT2D eigenvalue weighted by Gasteiger charge is -2.12. The van der Waals surface area contributed by atoms with E-state index in [0.29, 0.717) is 12.1 Å². The summed E-state index contributed by atoms with van der Waals surface area (Å²) in [6.07, 6.45) is 4.78. The second kappa shape index (κ2) is 4.70. The molecule has 0 bridgehead atoms. The molecule has 1 rings (SSSR count). The zero-order valence-corrected chi connectivity index (χ0v) is 7.05. The smallest absolute Gasteiger partial charge is 0.00822 e. The normalized spacial score (nSPS) is 31.1. The molecule has 3 heteroatoms. The van der Waals surface area contributed by atoms with Crippen molar-refractivity contribution in [2.45, 2.75) is 37.8 Å². The van der Waals surface area contributed by atoms with Crippen molar-refractivity contribution in [2.75, 3.05) is 13.1 Å². The summed E-state index contributed by atoms with van der Waals surface area (Å²) in [6.45, 7) is 1.60. The first kappa shape index (κ1) is 8.97. The van der Waals surface area contributed by atoms with Gasteiger partial charge in [0.15, 0.2) is 0 Å². The van der Waals surface area contributed by atoms with E-state index in [1.165, 1.54) is 12.8 Å². The molecule has 1 aliphatic heterocycles. The second-order valence-electron chi connectivity index (χ2n) is 3.29. The zero-order chi connectivity index (χ0) is 8.10. The van der Waals surface area contributed by atoms with Gasteiger partial charge in [0, 0.05) is 12.1 Å². The Balaban J connectivity index is 2.12. The van der Waals surface area contributed by atoms with Gasteiger partial charge in [-0.05, 0) is 38.8 Å². The number of hydrogen-bond acceptors (Lipinski definition) is 3. The van der Waals surface area contributed by atoms with Crippen LogP contribution in [-0.2, 0) is 0 Å². The van der Waals surface area contributed by atoms with Gasteiger partial charge in [-0.15, -0.1) is 0 Å². The van der Waals surface area contributed by atoms with Gasteiger partial charge in [-0.3, -0.25) is 0 Å².